The first-order valence-electron chi connectivity index (χ1n) is 7.12. The minimum Gasteiger partial charge on any atom is -0.497 e. The van der Waals surface area contributed by atoms with Crippen LogP contribution in [-0.4, -0.2) is 43.8 Å². The van der Waals surface area contributed by atoms with E-state index in [9.17, 15) is 0 Å². The van der Waals surface area contributed by atoms with Crippen LogP contribution in [0.1, 0.15) is 0 Å². The van der Waals surface area contributed by atoms with Crippen molar-refractivity contribution in [3.8, 4) is 33.5 Å². The first kappa shape index (κ1) is 14.6. The van der Waals surface area contributed by atoms with Crippen LogP contribution in [0.2, 0.25) is 0 Å². The van der Waals surface area contributed by atoms with E-state index < -0.39 is 0 Å². The second-order valence-electron chi connectivity index (χ2n) is 5.13. The van der Waals surface area contributed by atoms with Gasteiger partial charge in [-0.2, -0.15) is 14.7 Å². The van der Waals surface area contributed by atoms with Crippen molar-refractivity contribution in [1.82, 2.24) is 29.6 Å². The van der Waals surface area contributed by atoms with Gasteiger partial charge in [-0.25, -0.2) is 0 Å². The summed E-state index contributed by atoms with van der Waals surface area (Å²) in [6, 6.07) is 5.65. The van der Waals surface area contributed by atoms with Gasteiger partial charge in [-0.3, -0.25) is 4.68 Å². The van der Waals surface area contributed by atoms with Gasteiger partial charge in [-0.05, 0) is 12.1 Å². The molecule has 0 bridgehead atoms. The molecule has 0 saturated carbocycles. The van der Waals surface area contributed by atoms with E-state index >= 15 is 0 Å². The Balaban J connectivity index is 1.83. The van der Waals surface area contributed by atoms with Crippen LogP contribution in [0.3, 0.4) is 0 Å². The van der Waals surface area contributed by atoms with Crippen LogP contribution in [-0.2, 0) is 7.05 Å². The normalized spacial score (nSPS) is 11.1. The van der Waals surface area contributed by atoms with Crippen molar-refractivity contribution in [2.45, 2.75) is 0 Å². The number of hydrogen-bond acceptors (Lipinski definition) is 7. The monoisotopic (exact) mass is 342 g/mol. The third-order valence-electron chi connectivity index (χ3n) is 3.55. The summed E-state index contributed by atoms with van der Waals surface area (Å²) in [5.74, 6) is 2.08. The first-order chi connectivity index (χ1) is 11.7. The Morgan fingerprint density at radius 1 is 1.00 bits per heavy atom. The molecule has 0 aliphatic carbocycles. The van der Waals surface area contributed by atoms with Gasteiger partial charge in [0.1, 0.15) is 16.5 Å². The highest BCUT2D eigenvalue weighted by Gasteiger charge is 2.16. The zero-order valence-corrected chi connectivity index (χ0v) is 14.1. The maximum Gasteiger partial charge on any atom is 0.235 e. The number of aromatic nitrogens is 6. The summed E-state index contributed by atoms with van der Waals surface area (Å²) in [7, 11) is 5.10. The fourth-order valence-corrected chi connectivity index (χ4v) is 3.21. The van der Waals surface area contributed by atoms with E-state index in [0.29, 0.717) is 22.3 Å². The molecule has 0 spiro atoms. The van der Waals surface area contributed by atoms with Crippen LogP contribution in [0.4, 0.5) is 0 Å². The number of methoxy groups -OCH3 is 2. The predicted molar refractivity (Wildman–Crippen MR) is 89.4 cm³/mol. The summed E-state index contributed by atoms with van der Waals surface area (Å²) in [6.07, 6.45) is 3.62. The largest absolute Gasteiger partial charge is 0.497 e. The molecule has 4 aromatic rings. The molecule has 122 valence electrons. The molecule has 0 atom stereocenters. The highest BCUT2D eigenvalue weighted by Crippen LogP contribution is 2.33. The maximum atomic E-state index is 5.32. The number of rotatable bonds is 4. The molecule has 0 aliphatic heterocycles. The SMILES string of the molecule is COc1cc(OC)cc(-c2nn3c(-c4cnn(C)c4)nnc3s2)c1. The smallest absolute Gasteiger partial charge is 0.235 e. The summed E-state index contributed by atoms with van der Waals surface area (Å²) in [6.45, 7) is 0. The molecule has 24 heavy (non-hydrogen) atoms. The molecule has 1 aromatic carbocycles. The van der Waals surface area contributed by atoms with Crippen molar-refractivity contribution in [3.63, 3.8) is 0 Å². The lowest BCUT2D eigenvalue weighted by atomic mass is 10.2. The lowest BCUT2D eigenvalue weighted by Gasteiger charge is -2.06. The Hall–Kier alpha value is -2.94. The van der Waals surface area contributed by atoms with E-state index in [2.05, 4.69) is 20.4 Å². The molecule has 0 aliphatic rings. The summed E-state index contributed by atoms with van der Waals surface area (Å²) in [5, 5.41) is 18.0. The van der Waals surface area contributed by atoms with E-state index in [1.807, 2.05) is 31.4 Å². The van der Waals surface area contributed by atoms with Gasteiger partial charge in [0.15, 0.2) is 5.82 Å². The van der Waals surface area contributed by atoms with E-state index in [4.69, 9.17) is 9.47 Å². The zero-order valence-electron chi connectivity index (χ0n) is 13.3. The highest BCUT2D eigenvalue weighted by atomic mass is 32.1. The van der Waals surface area contributed by atoms with Gasteiger partial charge >= 0.3 is 0 Å². The van der Waals surface area contributed by atoms with Gasteiger partial charge in [0.2, 0.25) is 4.96 Å². The van der Waals surface area contributed by atoms with Crippen LogP contribution in [0.15, 0.2) is 30.6 Å². The van der Waals surface area contributed by atoms with E-state index in [1.165, 1.54) is 11.3 Å². The molecule has 3 aromatic heterocycles. The van der Waals surface area contributed by atoms with Gasteiger partial charge in [-0.1, -0.05) is 11.3 Å². The minimum absolute atomic E-state index is 0.662. The lowest BCUT2D eigenvalue weighted by Crippen LogP contribution is -1.91. The standard InChI is InChI=1S/C15H14N6O2S/c1-20-8-10(7-16-20)13-17-18-15-21(13)19-14(24-15)9-4-11(22-2)6-12(5-9)23-3/h4-8H,1-3H3. The molecule has 0 saturated heterocycles. The number of aryl methyl sites for hydroxylation is 1. The quantitative estimate of drug-likeness (QED) is 0.566. The lowest BCUT2D eigenvalue weighted by molar-refractivity contribution is 0.394. The fraction of sp³-hybridized carbons (Fsp3) is 0.200. The van der Waals surface area contributed by atoms with Crippen molar-refractivity contribution in [1.29, 1.82) is 0 Å². The Morgan fingerprint density at radius 2 is 1.75 bits per heavy atom. The van der Waals surface area contributed by atoms with Gasteiger partial charge in [-0.15, -0.1) is 10.2 Å². The highest BCUT2D eigenvalue weighted by molar-refractivity contribution is 7.19. The number of benzene rings is 1. The molecular weight excluding hydrogens is 328 g/mol. The van der Waals surface area contributed by atoms with Crippen LogP contribution >= 0.6 is 11.3 Å². The molecule has 0 unspecified atom stereocenters. The number of hydrogen-bond donors (Lipinski definition) is 0. The molecule has 9 heteroatoms. The molecule has 3 heterocycles. The summed E-state index contributed by atoms with van der Waals surface area (Å²) < 4.78 is 14.1. The molecule has 0 radical (unpaired) electrons. The molecule has 8 nitrogen and oxygen atoms in total. The van der Waals surface area contributed by atoms with Crippen LogP contribution in [0, 0.1) is 0 Å². The second kappa shape index (κ2) is 5.60. The van der Waals surface area contributed by atoms with Gasteiger partial charge in [0, 0.05) is 24.9 Å². The molecule has 0 N–H and O–H groups in total. The fourth-order valence-electron chi connectivity index (χ4n) is 2.38. The summed E-state index contributed by atoms with van der Waals surface area (Å²) >= 11 is 1.45. The van der Waals surface area contributed by atoms with E-state index in [0.717, 1.165) is 16.1 Å². The molecule has 4 rings (SSSR count). The van der Waals surface area contributed by atoms with E-state index in [1.54, 1.807) is 29.6 Å². The van der Waals surface area contributed by atoms with Crippen LogP contribution < -0.4 is 9.47 Å². The molecule has 0 amide bonds. The second-order valence-corrected chi connectivity index (χ2v) is 6.09. The Labute approximate surface area is 141 Å². The first-order valence-corrected chi connectivity index (χ1v) is 7.94. The van der Waals surface area contributed by atoms with Crippen molar-refractivity contribution in [2.75, 3.05) is 14.2 Å². The van der Waals surface area contributed by atoms with Crippen LogP contribution in [0.5, 0.6) is 11.5 Å². The van der Waals surface area contributed by atoms with Crippen LogP contribution in [0.25, 0.3) is 26.9 Å². The third kappa shape index (κ3) is 2.38. The Bertz CT molecular complexity index is 996. The van der Waals surface area contributed by atoms with Crippen molar-refractivity contribution < 1.29 is 9.47 Å². The number of ether oxygens (including phenoxy) is 2. The van der Waals surface area contributed by atoms with Gasteiger partial charge < -0.3 is 9.47 Å². The number of nitrogens with zero attached hydrogens (tertiary/aromatic N) is 6. The summed E-state index contributed by atoms with van der Waals surface area (Å²) in [5.41, 5.74) is 1.77. The maximum absolute atomic E-state index is 5.32. The van der Waals surface area contributed by atoms with Crippen molar-refractivity contribution >= 4 is 16.3 Å². The Morgan fingerprint density at radius 3 is 2.38 bits per heavy atom. The van der Waals surface area contributed by atoms with Gasteiger partial charge in [0.05, 0.1) is 26.0 Å². The summed E-state index contributed by atoms with van der Waals surface area (Å²) in [4.78, 5) is 0.714. The van der Waals surface area contributed by atoms with Crippen molar-refractivity contribution in [3.05, 3.63) is 30.6 Å². The predicted octanol–water partition coefficient (Wildman–Crippen LogP) is 2.27. The molecule has 0 fully saturated rings. The topological polar surface area (TPSA) is 79.4 Å². The van der Waals surface area contributed by atoms with E-state index in [-0.39, 0.29) is 0 Å². The minimum atomic E-state index is 0.662. The van der Waals surface area contributed by atoms with Gasteiger partial charge in [0.25, 0.3) is 0 Å². The molecular formula is C15H14N6O2S. The third-order valence-corrected chi connectivity index (χ3v) is 4.50. The Kier molecular flexibility index (Phi) is 3.42. The zero-order chi connectivity index (χ0) is 16.7. The average molecular weight is 342 g/mol. The van der Waals surface area contributed by atoms with Crippen molar-refractivity contribution in [2.24, 2.45) is 7.05 Å². The average Bonchev–Trinajstić information content (AvgIpc) is 3.29. The number of fused-ring (bicyclic) bond motifs is 1.